The minimum atomic E-state index is -0.390. The Bertz CT molecular complexity index is 1370. The molecule has 1 aromatic heterocycles. The van der Waals surface area contributed by atoms with E-state index in [0.717, 1.165) is 51.3 Å². The Kier molecular flexibility index (Phi) is 7.35. The van der Waals surface area contributed by atoms with Gasteiger partial charge in [0.2, 0.25) is 0 Å². The summed E-state index contributed by atoms with van der Waals surface area (Å²) in [6, 6.07) is 15.0. The van der Waals surface area contributed by atoms with Gasteiger partial charge in [-0.15, -0.1) is 0 Å². The number of methoxy groups -OCH3 is 1. The molecule has 3 aromatic rings. The molecule has 2 heterocycles. The number of ether oxygens (including phenoxy) is 2. The maximum absolute atomic E-state index is 13.0. The van der Waals surface area contributed by atoms with Gasteiger partial charge in [0.15, 0.2) is 0 Å². The van der Waals surface area contributed by atoms with Gasteiger partial charge in [0.05, 0.1) is 24.1 Å². The van der Waals surface area contributed by atoms with Crippen LogP contribution < -0.4 is 4.74 Å². The smallest absolute Gasteiger partial charge is 0.337 e. The minimum absolute atomic E-state index is 0.182. The Morgan fingerprint density at radius 3 is 2.42 bits per heavy atom. The highest BCUT2D eigenvalue weighted by atomic mass is 32.2. The van der Waals surface area contributed by atoms with Gasteiger partial charge in [0.1, 0.15) is 12.4 Å². The summed E-state index contributed by atoms with van der Waals surface area (Å²) < 4.78 is 12.6. The van der Waals surface area contributed by atoms with Gasteiger partial charge in [0, 0.05) is 17.1 Å². The number of nitrogens with zero attached hydrogens (tertiary/aromatic N) is 2. The highest BCUT2D eigenvalue weighted by Gasteiger charge is 2.35. The van der Waals surface area contributed by atoms with Crippen LogP contribution in [-0.4, -0.2) is 46.8 Å². The van der Waals surface area contributed by atoms with Crippen LogP contribution in [-0.2, 0) is 9.53 Å². The number of aryl methyl sites for hydroxylation is 3. The number of esters is 1. The molecule has 1 fully saturated rings. The molecule has 36 heavy (non-hydrogen) atoms. The van der Waals surface area contributed by atoms with E-state index in [1.54, 1.807) is 18.2 Å². The maximum Gasteiger partial charge on any atom is 0.337 e. The molecule has 0 unspecified atom stereocenters. The first-order valence-electron chi connectivity index (χ1n) is 11.5. The molecular weight excluding hydrogens is 476 g/mol. The number of aromatic nitrogens is 1. The summed E-state index contributed by atoms with van der Waals surface area (Å²) in [4.78, 5) is 38.9. The molecule has 0 saturated carbocycles. The molecule has 0 spiro atoms. The lowest BCUT2D eigenvalue weighted by Crippen LogP contribution is -2.32. The van der Waals surface area contributed by atoms with Gasteiger partial charge >= 0.3 is 5.97 Å². The summed E-state index contributed by atoms with van der Waals surface area (Å²) in [7, 11) is 1.35. The first-order chi connectivity index (χ1) is 17.2. The maximum atomic E-state index is 13.0. The normalized spacial score (nSPS) is 14.6. The van der Waals surface area contributed by atoms with Crippen LogP contribution in [0, 0.1) is 27.7 Å². The summed E-state index contributed by atoms with van der Waals surface area (Å²) in [6.07, 6.45) is 1.76. The molecule has 2 amide bonds. The second kappa shape index (κ2) is 10.5. The Morgan fingerprint density at radius 1 is 1.00 bits per heavy atom. The molecule has 0 radical (unpaired) electrons. The van der Waals surface area contributed by atoms with Crippen molar-refractivity contribution in [2.24, 2.45) is 0 Å². The van der Waals surface area contributed by atoms with E-state index in [0.29, 0.717) is 10.5 Å². The van der Waals surface area contributed by atoms with Crippen LogP contribution >= 0.6 is 11.8 Å². The number of hydrogen-bond acceptors (Lipinski definition) is 6. The number of amides is 2. The van der Waals surface area contributed by atoms with Crippen molar-refractivity contribution in [3.63, 3.8) is 0 Å². The van der Waals surface area contributed by atoms with Gasteiger partial charge in [0.25, 0.3) is 11.1 Å². The lowest BCUT2D eigenvalue weighted by Gasteiger charge is -2.14. The Hall–Kier alpha value is -3.78. The molecular formula is C28H28N2O5S. The largest absolute Gasteiger partial charge is 0.491 e. The van der Waals surface area contributed by atoms with Gasteiger partial charge in [-0.2, -0.15) is 0 Å². The summed E-state index contributed by atoms with van der Waals surface area (Å²) in [5.41, 5.74) is 6.18. The van der Waals surface area contributed by atoms with Crippen molar-refractivity contribution >= 4 is 35.0 Å². The van der Waals surface area contributed by atoms with E-state index in [2.05, 4.69) is 0 Å². The zero-order valence-corrected chi connectivity index (χ0v) is 21.8. The zero-order chi connectivity index (χ0) is 26.0. The van der Waals surface area contributed by atoms with Gasteiger partial charge < -0.3 is 14.0 Å². The van der Waals surface area contributed by atoms with E-state index in [1.807, 2.05) is 68.7 Å². The van der Waals surface area contributed by atoms with E-state index in [9.17, 15) is 14.4 Å². The van der Waals surface area contributed by atoms with E-state index in [4.69, 9.17) is 9.47 Å². The fourth-order valence-corrected chi connectivity index (χ4v) is 5.00. The molecule has 0 bridgehead atoms. The molecule has 186 valence electrons. The average Bonchev–Trinajstić information content (AvgIpc) is 3.29. The van der Waals surface area contributed by atoms with E-state index >= 15 is 0 Å². The van der Waals surface area contributed by atoms with Crippen LogP contribution in [0.15, 0.2) is 53.4 Å². The third kappa shape index (κ3) is 5.09. The fraction of sp³-hybridized carbons (Fsp3) is 0.250. The predicted molar refractivity (Wildman–Crippen MR) is 141 cm³/mol. The van der Waals surface area contributed by atoms with Gasteiger partial charge in [-0.3, -0.25) is 14.5 Å². The number of carbonyl (C=O) groups is 3. The Labute approximate surface area is 214 Å². The Morgan fingerprint density at radius 2 is 1.72 bits per heavy atom. The number of imide groups is 1. The van der Waals surface area contributed by atoms with Crippen LogP contribution in [0.3, 0.4) is 0 Å². The van der Waals surface area contributed by atoms with Crippen LogP contribution in [0.25, 0.3) is 11.8 Å². The monoisotopic (exact) mass is 504 g/mol. The fourth-order valence-electron chi connectivity index (χ4n) is 4.14. The van der Waals surface area contributed by atoms with Crippen molar-refractivity contribution in [3.05, 3.63) is 87.1 Å². The number of thioether (sulfide) groups is 1. The molecule has 8 heteroatoms. The molecule has 0 atom stereocenters. The average molecular weight is 505 g/mol. The standard InChI is InChI=1S/C28H28N2O5S/c1-17-6-7-18(2)24(14-17)35-13-12-29-26(31)25(36-28(29)33)16-22-15-19(3)30(20(22)4)23-10-8-21(9-11-23)27(32)34-5/h6-11,14-16H,12-13H2,1-5H3/b25-16-. The quantitative estimate of drug-likeness (QED) is 0.307. The summed E-state index contributed by atoms with van der Waals surface area (Å²) in [5.74, 6) is 0.0460. The molecule has 4 rings (SSSR count). The molecule has 0 N–H and O–H groups in total. The highest BCUT2D eigenvalue weighted by Crippen LogP contribution is 2.34. The number of hydrogen-bond donors (Lipinski definition) is 0. The summed E-state index contributed by atoms with van der Waals surface area (Å²) in [6.45, 7) is 8.28. The third-order valence-corrected chi connectivity index (χ3v) is 7.00. The molecule has 1 aliphatic rings. The second-order valence-electron chi connectivity index (χ2n) is 8.65. The molecule has 0 aliphatic carbocycles. The van der Waals surface area contributed by atoms with E-state index in [-0.39, 0.29) is 24.3 Å². The van der Waals surface area contributed by atoms with Crippen molar-refractivity contribution < 1.29 is 23.9 Å². The Balaban J connectivity index is 1.49. The van der Waals surface area contributed by atoms with E-state index in [1.165, 1.54) is 12.0 Å². The van der Waals surface area contributed by atoms with E-state index < -0.39 is 5.97 Å². The first-order valence-corrected chi connectivity index (χ1v) is 12.3. The zero-order valence-electron chi connectivity index (χ0n) is 21.0. The van der Waals surface area contributed by atoms with Crippen molar-refractivity contribution in [2.75, 3.05) is 20.3 Å². The molecule has 1 saturated heterocycles. The van der Waals surface area contributed by atoms with Crippen molar-refractivity contribution in [2.45, 2.75) is 27.7 Å². The lowest BCUT2D eigenvalue weighted by atomic mass is 10.1. The van der Waals surface area contributed by atoms with Gasteiger partial charge in [-0.05, 0) is 98.6 Å². The SMILES string of the molecule is COC(=O)c1ccc(-n2c(C)cc(/C=C3\SC(=O)N(CCOc4cc(C)ccc4C)C3=O)c2C)cc1. The first kappa shape index (κ1) is 25.3. The minimum Gasteiger partial charge on any atom is -0.491 e. The number of benzene rings is 2. The van der Waals surface area contributed by atoms with Crippen molar-refractivity contribution in [3.8, 4) is 11.4 Å². The predicted octanol–water partition coefficient (Wildman–Crippen LogP) is 5.61. The van der Waals surface area contributed by atoms with Crippen LogP contribution in [0.4, 0.5) is 4.79 Å². The molecule has 2 aromatic carbocycles. The summed E-state index contributed by atoms with van der Waals surface area (Å²) in [5, 5.41) is -0.303. The lowest BCUT2D eigenvalue weighted by molar-refractivity contribution is -0.123. The van der Waals surface area contributed by atoms with Gasteiger partial charge in [-0.1, -0.05) is 12.1 Å². The number of carbonyl (C=O) groups excluding carboxylic acids is 3. The van der Waals surface area contributed by atoms with Crippen molar-refractivity contribution in [1.82, 2.24) is 9.47 Å². The van der Waals surface area contributed by atoms with Crippen LogP contribution in [0.1, 0.15) is 38.4 Å². The topological polar surface area (TPSA) is 77.8 Å². The van der Waals surface area contributed by atoms with Crippen molar-refractivity contribution in [1.29, 1.82) is 0 Å². The van der Waals surface area contributed by atoms with Crippen LogP contribution in [0.2, 0.25) is 0 Å². The highest BCUT2D eigenvalue weighted by molar-refractivity contribution is 8.18. The van der Waals surface area contributed by atoms with Gasteiger partial charge in [-0.25, -0.2) is 4.79 Å². The third-order valence-electron chi connectivity index (χ3n) is 6.09. The van der Waals surface area contributed by atoms with Crippen LogP contribution in [0.5, 0.6) is 5.75 Å². The number of rotatable bonds is 7. The summed E-state index contributed by atoms with van der Waals surface area (Å²) >= 11 is 0.938. The molecule has 1 aliphatic heterocycles. The second-order valence-corrected chi connectivity index (χ2v) is 9.64. The molecule has 7 nitrogen and oxygen atoms in total.